The van der Waals surface area contributed by atoms with Crippen LogP contribution < -0.4 is 5.32 Å². The van der Waals surface area contributed by atoms with E-state index in [1.165, 1.54) is 16.8 Å². The van der Waals surface area contributed by atoms with Crippen molar-refractivity contribution in [3.8, 4) is 0 Å². The molecular weight excluding hydrogens is 399 g/mol. The van der Waals surface area contributed by atoms with E-state index >= 15 is 0 Å². The first-order chi connectivity index (χ1) is 13.6. The number of hydrogen-bond acceptors (Lipinski definition) is 5. The number of aromatic nitrogens is 1. The molecule has 0 unspecified atom stereocenters. The minimum Gasteiger partial charge on any atom is -0.322 e. The van der Waals surface area contributed by atoms with Crippen molar-refractivity contribution in [3.05, 3.63) is 58.3 Å². The van der Waals surface area contributed by atoms with Crippen LogP contribution in [-0.4, -0.2) is 53.4 Å². The topological polar surface area (TPSA) is 48.5 Å². The molecule has 4 rings (SSSR count). The van der Waals surface area contributed by atoms with Crippen molar-refractivity contribution >= 4 is 44.7 Å². The van der Waals surface area contributed by atoms with Gasteiger partial charge in [0.25, 0.3) is 0 Å². The Hall–Kier alpha value is -2.06. The molecule has 0 spiro atoms. The molecule has 0 saturated carbocycles. The molecule has 0 bridgehead atoms. The average Bonchev–Trinajstić information content (AvgIpc) is 3.08. The van der Waals surface area contributed by atoms with E-state index in [-0.39, 0.29) is 18.1 Å². The highest BCUT2D eigenvalue weighted by molar-refractivity contribution is 7.18. The number of rotatable bonds is 5. The van der Waals surface area contributed by atoms with Crippen LogP contribution in [0.1, 0.15) is 5.01 Å². The van der Waals surface area contributed by atoms with Gasteiger partial charge in [-0.3, -0.25) is 14.6 Å². The molecule has 3 aromatic rings. The Balaban J connectivity index is 1.26. The number of fused-ring (bicyclic) bond motifs is 1. The fourth-order valence-electron chi connectivity index (χ4n) is 3.27. The van der Waals surface area contributed by atoms with Crippen LogP contribution in [0.15, 0.2) is 42.5 Å². The monoisotopic (exact) mass is 418 g/mol. The van der Waals surface area contributed by atoms with E-state index in [4.69, 9.17) is 11.6 Å². The minimum absolute atomic E-state index is 0.156. The van der Waals surface area contributed by atoms with Crippen LogP contribution in [0.3, 0.4) is 0 Å². The summed E-state index contributed by atoms with van der Waals surface area (Å²) in [6.45, 7) is 4.41. The largest absolute Gasteiger partial charge is 0.322 e. The van der Waals surface area contributed by atoms with Crippen molar-refractivity contribution in [2.75, 3.05) is 38.0 Å². The molecule has 1 saturated heterocycles. The molecule has 8 heteroatoms. The maximum absolute atomic E-state index is 13.8. The standard InChI is InChI=1S/C20H20ClFN4OS/c21-14-5-6-16(15(22)11-14)23-19(27)12-25-7-9-26(10-8-25)13-20-24-17-3-1-2-4-18(17)28-20/h1-6,11H,7-10,12-13H2,(H,23,27). The van der Waals surface area contributed by atoms with Crippen LogP contribution in [0.5, 0.6) is 0 Å². The predicted octanol–water partition coefficient (Wildman–Crippen LogP) is 3.85. The van der Waals surface area contributed by atoms with Gasteiger partial charge in [0.2, 0.25) is 5.91 Å². The lowest BCUT2D eigenvalue weighted by Crippen LogP contribution is -2.48. The van der Waals surface area contributed by atoms with Crippen molar-refractivity contribution in [1.29, 1.82) is 0 Å². The number of halogens is 2. The molecule has 1 aromatic heterocycles. The summed E-state index contributed by atoms with van der Waals surface area (Å²) >= 11 is 7.46. The number of nitrogens with one attached hydrogen (secondary N) is 1. The second kappa shape index (κ2) is 8.53. The van der Waals surface area contributed by atoms with Gasteiger partial charge in [-0.25, -0.2) is 9.37 Å². The van der Waals surface area contributed by atoms with E-state index in [1.54, 1.807) is 17.4 Å². The molecule has 5 nitrogen and oxygen atoms in total. The number of benzene rings is 2. The molecule has 0 aliphatic carbocycles. The van der Waals surface area contributed by atoms with E-state index < -0.39 is 5.82 Å². The number of nitrogens with zero attached hydrogens (tertiary/aromatic N) is 3. The van der Waals surface area contributed by atoms with Gasteiger partial charge in [-0.2, -0.15) is 0 Å². The normalized spacial score (nSPS) is 15.8. The third kappa shape index (κ3) is 4.67. The number of carbonyl (C=O) groups excluding carboxylic acids is 1. The van der Waals surface area contributed by atoms with Gasteiger partial charge in [0.15, 0.2) is 0 Å². The smallest absolute Gasteiger partial charge is 0.238 e. The maximum Gasteiger partial charge on any atom is 0.238 e. The van der Waals surface area contributed by atoms with Crippen LogP contribution >= 0.6 is 22.9 Å². The molecule has 146 valence electrons. The number of hydrogen-bond donors (Lipinski definition) is 1. The van der Waals surface area contributed by atoms with E-state index in [1.807, 2.05) is 18.2 Å². The average molecular weight is 419 g/mol. The number of carbonyl (C=O) groups is 1. The zero-order chi connectivity index (χ0) is 19.5. The summed E-state index contributed by atoms with van der Waals surface area (Å²) in [7, 11) is 0. The van der Waals surface area contributed by atoms with Crippen molar-refractivity contribution in [3.63, 3.8) is 0 Å². The number of para-hydroxylation sites is 1. The van der Waals surface area contributed by atoms with E-state index in [0.29, 0.717) is 5.02 Å². The quantitative estimate of drug-likeness (QED) is 0.683. The molecule has 28 heavy (non-hydrogen) atoms. The Morgan fingerprint density at radius 2 is 1.89 bits per heavy atom. The van der Waals surface area contributed by atoms with Gasteiger partial charge in [-0.1, -0.05) is 23.7 Å². The number of piperazine rings is 1. The fourth-order valence-corrected chi connectivity index (χ4v) is 4.44. The summed E-state index contributed by atoms with van der Waals surface area (Å²) < 4.78 is 15.0. The second-order valence-electron chi connectivity index (χ2n) is 6.80. The molecular formula is C20H20ClFN4OS. The summed E-state index contributed by atoms with van der Waals surface area (Å²) in [4.78, 5) is 21.3. The lowest BCUT2D eigenvalue weighted by Gasteiger charge is -2.33. The van der Waals surface area contributed by atoms with Crippen LogP contribution in [0.25, 0.3) is 10.2 Å². The minimum atomic E-state index is -0.526. The number of thiazole rings is 1. The zero-order valence-electron chi connectivity index (χ0n) is 15.2. The van der Waals surface area contributed by atoms with E-state index in [9.17, 15) is 9.18 Å². The highest BCUT2D eigenvalue weighted by atomic mass is 35.5. The number of anilines is 1. The number of amides is 1. The van der Waals surface area contributed by atoms with Crippen LogP contribution in [0, 0.1) is 5.82 Å². The molecule has 2 aromatic carbocycles. The Labute approximate surface area is 171 Å². The lowest BCUT2D eigenvalue weighted by molar-refractivity contribution is -0.117. The van der Waals surface area contributed by atoms with Gasteiger partial charge in [0.05, 0.1) is 29.0 Å². The highest BCUT2D eigenvalue weighted by Crippen LogP contribution is 2.23. The molecule has 1 N–H and O–H groups in total. The van der Waals surface area contributed by atoms with E-state index in [0.717, 1.165) is 43.2 Å². The molecule has 1 fully saturated rings. The van der Waals surface area contributed by atoms with Gasteiger partial charge in [0.1, 0.15) is 10.8 Å². The molecule has 1 aliphatic rings. The van der Waals surface area contributed by atoms with Crippen molar-refractivity contribution in [2.24, 2.45) is 0 Å². The first-order valence-corrected chi connectivity index (χ1v) is 10.3. The second-order valence-corrected chi connectivity index (χ2v) is 8.35. The third-order valence-corrected chi connectivity index (χ3v) is 5.99. The summed E-state index contributed by atoms with van der Waals surface area (Å²) in [6, 6.07) is 12.4. The molecule has 0 atom stereocenters. The Bertz CT molecular complexity index is 954. The van der Waals surface area contributed by atoms with Gasteiger partial charge >= 0.3 is 0 Å². The highest BCUT2D eigenvalue weighted by Gasteiger charge is 2.20. The summed E-state index contributed by atoms with van der Waals surface area (Å²) in [5.41, 5.74) is 1.20. The van der Waals surface area contributed by atoms with Gasteiger partial charge in [0, 0.05) is 31.2 Å². The van der Waals surface area contributed by atoms with Crippen LogP contribution in [-0.2, 0) is 11.3 Å². The van der Waals surface area contributed by atoms with Crippen molar-refractivity contribution in [1.82, 2.24) is 14.8 Å². The van der Waals surface area contributed by atoms with Crippen molar-refractivity contribution in [2.45, 2.75) is 6.54 Å². The summed E-state index contributed by atoms with van der Waals surface area (Å²) in [5, 5.41) is 4.04. The van der Waals surface area contributed by atoms with Gasteiger partial charge in [-0.15, -0.1) is 11.3 Å². The Morgan fingerprint density at radius 3 is 2.64 bits per heavy atom. The maximum atomic E-state index is 13.8. The Kier molecular flexibility index (Phi) is 5.87. The summed E-state index contributed by atoms with van der Waals surface area (Å²) in [6.07, 6.45) is 0. The van der Waals surface area contributed by atoms with Crippen molar-refractivity contribution < 1.29 is 9.18 Å². The predicted molar refractivity (Wildman–Crippen MR) is 111 cm³/mol. The fraction of sp³-hybridized carbons (Fsp3) is 0.300. The molecule has 1 amide bonds. The molecule has 1 aliphatic heterocycles. The summed E-state index contributed by atoms with van der Waals surface area (Å²) in [5.74, 6) is -0.748. The SMILES string of the molecule is O=C(CN1CCN(Cc2nc3ccccc3s2)CC1)Nc1ccc(Cl)cc1F. The molecule has 0 radical (unpaired) electrons. The third-order valence-electron chi connectivity index (χ3n) is 4.73. The van der Waals surface area contributed by atoms with Gasteiger partial charge in [-0.05, 0) is 30.3 Å². The zero-order valence-corrected chi connectivity index (χ0v) is 16.8. The van der Waals surface area contributed by atoms with Crippen LogP contribution in [0.4, 0.5) is 10.1 Å². The lowest BCUT2D eigenvalue weighted by atomic mass is 10.3. The van der Waals surface area contributed by atoms with Gasteiger partial charge < -0.3 is 5.32 Å². The Morgan fingerprint density at radius 1 is 1.14 bits per heavy atom. The first-order valence-electron chi connectivity index (χ1n) is 9.11. The molecule has 2 heterocycles. The van der Waals surface area contributed by atoms with E-state index in [2.05, 4.69) is 26.2 Å². The van der Waals surface area contributed by atoms with Crippen LogP contribution in [0.2, 0.25) is 5.02 Å². The first kappa shape index (κ1) is 19.3.